The van der Waals surface area contributed by atoms with Crippen molar-refractivity contribution < 1.29 is 4.57 Å². The summed E-state index contributed by atoms with van der Waals surface area (Å²) in [6.45, 7) is 6.59. The Balaban J connectivity index is 1.65. The second kappa shape index (κ2) is 7.59. The smallest absolute Gasteiger partial charge is 0.283 e. The van der Waals surface area contributed by atoms with Crippen LogP contribution in [0.3, 0.4) is 0 Å². The number of rotatable bonds is 3. The highest BCUT2D eigenvalue weighted by Crippen LogP contribution is 2.46. The van der Waals surface area contributed by atoms with Crippen molar-refractivity contribution in [1.82, 2.24) is 0 Å². The molecule has 0 saturated carbocycles. The fourth-order valence-electron chi connectivity index (χ4n) is 4.71. The minimum absolute atomic E-state index is 0.151. The van der Waals surface area contributed by atoms with E-state index in [0.29, 0.717) is 0 Å². The van der Waals surface area contributed by atoms with Gasteiger partial charge < -0.3 is 0 Å². The van der Waals surface area contributed by atoms with E-state index < -0.39 is 0 Å². The topological polar surface area (TPSA) is 10.4 Å². The Labute approximate surface area is 184 Å². The van der Waals surface area contributed by atoms with Crippen molar-refractivity contribution >= 4 is 22.9 Å². The standard InChI is InChI=1S/C28H28N3/c1-20-16-18-23(19-17-20)30-22(3)31(27-13-8-7-12-26(27)30)28-15-9-14-25(29(28)4)24-11-6-5-10-21(24)2/h5-19,22H,1-4H3/q+1/t22-/m0/s1. The summed E-state index contributed by atoms with van der Waals surface area (Å²) in [5.74, 6) is 1.18. The number of fused-ring (bicyclic) bond motifs is 1. The zero-order chi connectivity index (χ0) is 21.5. The van der Waals surface area contributed by atoms with Crippen LogP contribution in [0.15, 0.2) is 91.0 Å². The molecule has 3 nitrogen and oxygen atoms in total. The molecule has 0 N–H and O–H groups in total. The molecular formula is C28H28N3+. The van der Waals surface area contributed by atoms with E-state index in [4.69, 9.17) is 0 Å². The number of aromatic nitrogens is 1. The van der Waals surface area contributed by atoms with Gasteiger partial charge in [0.25, 0.3) is 5.82 Å². The molecule has 0 radical (unpaired) electrons. The van der Waals surface area contributed by atoms with Gasteiger partial charge in [-0.3, -0.25) is 4.90 Å². The van der Waals surface area contributed by atoms with Crippen molar-refractivity contribution in [2.75, 3.05) is 9.80 Å². The van der Waals surface area contributed by atoms with E-state index in [2.05, 4.69) is 133 Å². The summed E-state index contributed by atoms with van der Waals surface area (Å²) >= 11 is 0. The summed E-state index contributed by atoms with van der Waals surface area (Å²) in [5, 5.41) is 0. The van der Waals surface area contributed by atoms with Gasteiger partial charge in [0.1, 0.15) is 5.69 Å². The number of hydrogen-bond donors (Lipinski definition) is 0. The Kier molecular flexibility index (Phi) is 4.74. The minimum Gasteiger partial charge on any atom is -0.298 e. The predicted octanol–water partition coefficient (Wildman–Crippen LogP) is 6.43. The Morgan fingerprint density at radius 2 is 1.32 bits per heavy atom. The second-order valence-corrected chi connectivity index (χ2v) is 8.34. The molecule has 1 atom stereocenters. The Morgan fingerprint density at radius 1 is 0.677 bits per heavy atom. The monoisotopic (exact) mass is 406 g/mol. The molecule has 2 heterocycles. The molecule has 1 aliphatic heterocycles. The molecule has 0 amide bonds. The van der Waals surface area contributed by atoms with Crippen molar-refractivity contribution in [2.45, 2.75) is 26.9 Å². The molecule has 0 saturated heterocycles. The van der Waals surface area contributed by atoms with Gasteiger partial charge in [0.05, 0.1) is 12.7 Å². The molecule has 31 heavy (non-hydrogen) atoms. The maximum Gasteiger partial charge on any atom is 0.283 e. The fourth-order valence-corrected chi connectivity index (χ4v) is 4.71. The van der Waals surface area contributed by atoms with Crippen LogP contribution < -0.4 is 14.4 Å². The first-order chi connectivity index (χ1) is 15.1. The predicted molar refractivity (Wildman–Crippen MR) is 129 cm³/mol. The first-order valence-electron chi connectivity index (χ1n) is 10.9. The summed E-state index contributed by atoms with van der Waals surface area (Å²) in [6, 6.07) is 32.7. The van der Waals surface area contributed by atoms with E-state index in [-0.39, 0.29) is 6.17 Å². The molecule has 0 unspecified atom stereocenters. The van der Waals surface area contributed by atoms with Crippen LogP contribution in [0.5, 0.6) is 0 Å². The van der Waals surface area contributed by atoms with E-state index in [0.717, 1.165) is 0 Å². The van der Waals surface area contributed by atoms with Gasteiger partial charge in [-0.15, -0.1) is 0 Å². The lowest BCUT2D eigenvalue weighted by atomic mass is 10.0. The quantitative estimate of drug-likeness (QED) is 0.363. The van der Waals surface area contributed by atoms with E-state index >= 15 is 0 Å². The Morgan fingerprint density at radius 3 is 2.03 bits per heavy atom. The van der Waals surface area contributed by atoms with Gasteiger partial charge in [-0.1, -0.05) is 54.1 Å². The molecule has 0 aliphatic carbocycles. The molecule has 3 aromatic carbocycles. The van der Waals surface area contributed by atoms with Gasteiger partial charge in [0.15, 0.2) is 11.9 Å². The van der Waals surface area contributed by atoms with E-state index in [1.54, 1.807) is 0 Å². The number of nitrogens with zero attached hydrogens (tertiary/aromatic N) is 3. The highest BCUT2D eigenvalue weighted by Gasteiger charge is 2.41. The number of aryl methyl sites for hydroxylation is 2. The third kappa shape index (κ3) is 3.17. The van der Waals surface area contributed by atoms with E-state index in [1.807, 2.05) is 0 Å². The average Bonchev–Trinajstić information content (AvgIpc) is 3.07. The first-order valence-corrected chi connectivity index (χ1v) is 10.9. The highest BCUT2D eigenvalue weighted by molar-refractivity contribution is 5.87. The fraction of sp³-hybridized carbons (Fsp3) is 0.179. The Hall–Kier alpha value is -3.59. The van der Waals surface area contributed by atoms with Crippen LogP contribution in [0.2, 0.25) is 0 Å². The molecule has 0 fully saturated rings. The zero-order valence-corrected chi connectivity index (χ0v) is 18.6. The average molecular weight is 407 g/mol. The summed E-state index contributed by atoms with van der Waals surface area (Å²) in [7, 11) is 2.17. The van der Waals surface area contributed by atoms with Crippen molar-refractivity contribution in [3.63, 3.8) is 0 Å². The third-order valence-corrected chi connectivity index (χ3v) is 6.33. The first kappa shape index (κ1) is 19.4. The minimum atomic E-state index is 0.151. The number of benzene rings is 3. The van der Waals surface area contributed by atoms with Gasteiger partial charge in [0, 0.05) is 17.3 Å². The van der Waals surface area contributed by atoms with Crippen LogP contribution in [0, 0.1) is 13.8 Å². The van der Waals surface area contributed by atoms with Crippen molar-refractivity contribution in [2.24, 2.45) is 7.05 Å². The van der Waals surface area contributed by atoms with Gasteiger partial charge in [-0.2, -0.15) is 0 Å². The summed E-state index contributed by atoms with van der Waals surface area (Å²) in [4.78, 5) is 4.87. The van der Waals surface area contributed by atoms with Gasteiger partial charge in [-0.25, -0.2) is 9.47 Å². The van der Waals surface area contributed by atoms with Crippen molar-refractivity contribution in [3.05, 3.63) is 102 Å². The Bertz CT molecular complexity index is 1240. The largest absolute Gasteiger partial charge is 0.298 e. The van der Waals surface area contributed by atoms with Crippen LogP contribution in [-0.2, 0) is 7.05 Å². The van der Waals surface area contributed by atoms with Gasteiger partial charge >= 0.3 is 0 Å². The van der Waals surface area contributed by atoms with E-state index in [9.17, 15) is 0 Å². The summed E-state index contributed by atoms with van der Waals surface area (Å²) in [5.41, 5.74) is 8.72. The maximum absolute atomic E-state index is 2.44. The number of pyridine rings is 1. The lowest BCUT2D eigenvalue weighted by molar-refractivity contribution is -0.647. The van der Waals surface area contributed by atoms with Crippen LogP contribution >= 0.6 is 0 Å². The molecule has 0 bridgehead atoms. The molecular weight excluding hydrogens is 378 g/mol. The lowest BCUT2D eigenvalue weighted by Gasteiger charge is -2.26. The maximum atomic E-state index is 2.44. The highest BCUT2D eigenvalue weighted by atomic mass is 15.4. The molecule has 1 aromatic heterocycles. The van der Waals surface area contributed by atoms with E-state index in [1.165, 1.54) is 45.3 Å². The van der Waals surface area contributed by atoms with Crippen LogP contribution in [0.1, 0.15) is 18.1 Å². The molecule has 154 valence electrons. The molecule has 4 aromatic rings. The van der Waals surface area contributed by atoms with Crippen molar-refractivity contribution in [1.29, 1.82) is 0 Å². The molecule has 0 spiro atoms. The SMILES string of the molecule is Cc1ccc(N2c3ccccc3N(c3cccc(-c4ccccc4C)[n+]3C)[C@H]2C)cc1. The van der Waals surface area contributed by atoms with Crippen LogP contribution in [-0.4, -0.2) is 6.17 Å². The molecule has 5 rings (SSSR count). The number of hydrogen-bond acceptors (Lipinski definition) is 2. The second-order valence-electron chi connectivity index (χ2n) is 8.34. The third-order valence-electron chi connectivity index (χ3n) is 6.33. The van der Waals surface area contributed by atoms with Gasteiger partial charge in [0.2, 0.25) is 0 Å². The number of anilines is 4. The number of para-hydroxylation sites is 2. The van der Waals surface area contributed by atoms with Crippen molar-refractivity contribution in [3.8, 4) is 11.3 Å². The van der Waals surface area contributed by atoms with Gasteiger partial charge in [-0.05, 0) is 62.7 Å². The van der Waals surface area contributed by atoms with Crippen LogP contribution in [0.25, 0.3) is 11.3 Å². The summed E-state index contributed by atoms with van der Waals surface area (Å²) < 4.78 is 2.31. The van der Waals surface area contributed by atoms with Crippen LogP contribution in [0.4, 0.5) is 22.9 Å². The lowest BCUT2D eigenvalue weighted by Crippen LogP contribution is -2.44. The summed E-state index contributed by atoms with van der Waals surface area (Å²) in [6.07, 6.45) is 0.151. The normalized spacial score (nSPS) is 15.3. The molecule has 1 aliphatic rings. The molecule has 3 heteroatoms. The zero-order valence-electron chi connectivity index (χ0n) is 18.6.